The fourth-order valence-electron chi connectivity index (χ4n) is 3.23. The number of hydrogen-bond donors (Lipinski definition) is 1. The SMILES string of the molecule is Cc1nc(C)n(CCCNC2CCN(Cc3ccco3)CC2)n1. The molecule has 0 spiro atoms. The minimum atomic E-state index is 0.640. The summed E-state index contributed by atoms with van der Waals surface area (Å²) in [6.07, 6.45) is 5.27. The molecule has 0 saturated carbocycles. The Morgan fingerprint density at radius 3 is 2.78 bits per heavy atom. The molecule has 0 unspecified atom stereocenters. The molecule has 23 heavy (non-hydrogen) atoms. The molecular weight excluding hydrogens is 290 g/mol. The van der Waals surface area contributed by atoms with Crippen LogP contribution in [0.1, 0.15) is 36.7 Å². The lowest BCUT2D eigenvalue weighted by Crippen LogP contribution is -2.42. The van der Waals surface area contributed by atoms with Crippen molar-refractivity contribution in [3.8, 4) is 0 Å². The van der Waals surface area contributed by atoms with Gasteiger partial charge >= 0.3 is 0 Å². The summed E-state index contributed by atoms with van der Waals surface area (Å²) in [5.74, 6) is 2.93. The summed E-state index contributed by atoms with van der Waals surface area (Å²) >= 11 is 0. The van der Waals surface area contributed by atoms with Crippen molar-refractivity contribution in [2.45, 2.75) is 52.2 Å². The first-order valence-electron chi connectivity index (χ1n) is 8.57. The van der Waals surface area contributed by atoms with E-state index in [1.54, 1.807) is 6.26 Å². The van der Waals surface area contributed by atoms with Gasteiger partial charge in [-0.1, -0.05) is 0 Å². The summed E-state index contributed by atoms with van der Waals surface area (Å²) in [4.78, 5) is 6.81. The molecule has 0 amide bonds. The van der Waals surface area contributed by atoms with Gasteiger partial charge in [-0.2, -0.15) is 5.10 Å². The molecule has 2 aromatic rings. The van der Waals surface area contributed by atoms with E-state index in [1.165, 1.54) is 12.8 Å². The van der Waals surface area contributed by atoms with Gasteiger partial charge in [-0.05, 0) is 51.8 Å². The van der Waals surface area contributed by atoms with Crippen LogP contribution in [0.5, 0.6) is 0 Å². The Bertz CT molecular complexity index is 584. The van der Waals surface area contributed by atoms with Crippen molar-refractivity contribution < 1.29 is 4.42 Å². The Morgan fingerprint density at radius 2 is 2.13 bits per heavy atom. The molecule has 0 atom stereocenters. The van der Waals surface area contributed by atoms with Gasteiger partial charge in [0.25, 0.3) is 0 Å². The van der Waals surface area contributed by atoms with Crippen LogP contribution in [0.2, 0.25) is 0 Å². The second-order valence-corrected chi connectivity index (χ2v) is 6.37. The van der Waals surface area contributed by atoms with Crippen molar-refractivity contribution in [3.63, 3.8) is 0 Å². The summed E-state index contributed by atoms with van der Waals surface area (Å²) in [7, 11) is 0. The highest BCUT2D eigenvalue weighted by molar-refractivity contribution is 4.98. The molecule has 1 fully saturated rings. The molecule has 3 heterocycles. The maximum atomic E-state index is 5.43. The van der Waals surface area contributed by atoms with Crippen LogP contribution in [0.25, 0.3) is 0 Å². The molecule has 1 N–H and O–H groups in total. The normalized spacial score (nSPS) is 17.0. The fourth-order valence-corrected chi connectivity index (χ4v) is 3.23. The van der Waals surface area contributed by atoms with E-state index in [9.17, 15) is 0 Å². The zero-order chi connectivity index (χ0) is 16.1. The number of hydrogen-bond acceptors (Lipinski definition) is 5. The lowest BCUT2D eigenvalue weighted by molar-refractivity contribution is 0.178. The zero-order valence-corrected chi connectivity index (χ0v) is 14.2. The van der Waals surface area contributed by atoms with E-state index in [-0.39, 0.29) is 0 Å². The average molecular weight is 317 g/mol. The van der Waals surface area contributed by atoms with E-state index in [0.29, 0.717) is 6.04 Å². The molecule has 2 aromatic heterocycles. The van der Waals surface area contributed by atoms with Crippen molar-refractivity contribution in [3.05, 3.63) is 35.8 Å². The molecule has 3 rings (SSSR count). The highest BCUT2D eigenvalue weighted by atomic mass is 16.3. The van der Waals surface area contributed by atoms with Crippen LogP contribution in [0.3, 0.4) is 0 Å². The van der Waals surface area contributed by atoms with E-state index < -0.39 is 0 Å². The molecule has 0 aromatic carbocycles. The molecule has 6 nitrogen and oxygen atoms in total. The van der Waals surface area contributed by atoms with Crippen molar-refractivity contribution in [2.24, 2.45) is 0 Å². The van der Waals surface area contributed by atoms with Gasteiger partial charge in [-0.3, -0.25) is 9.58 Å². The van der Waals surface area contributed by atoms with Crippen LogP contribution in [-0.2, 0) is 13.1 Å². The highest BCUT2D eigenvalue weighted by Gasteiger charge is 2.19. The standard InChI is InChI=1S/C17H27N5O/c1-14-19-15(2)22(20-14)9-4-8-18-16-6-10-21(11-7-16)13-17-5-3-12-23-17/h3,5,12,16,18H,4,6-11,13H2,1-2H3. The Labute approximate surface area is 137 Å². The number of likely N-dealkylation sites (tertiary alicyclic amines) is 1. The zero-order valence-electron chi connectivity index (χ0n) is 14.2. The van der Waals surface area contributed by atoms with Crippen molar-refractivity contribution in [1.82, 2.24) is 25.0 Å². The Morgan fingerprint density at radius 1 is 1.30 bits per heavy atom. The quantitative estimate of drug-likeness (QED) is 0.793. The third-order valence-electron chi connectivity index (χ3n) is 4.49. The predicted octanol–water partition coefficient (Wildman–Crippen LogP) is 2.13. The van der Waals surface area contributed by atoms with Gasteiger partial charge in [0, 0.05) is 25.7 Å². The van der Waals surface area contributed by atoms with Crippen LogP contribution < -0.4 is 5.32 Å². The number of nitrogens with zero attached hydrogens (tertiary/aromatic N) is 4. The first-order chi connectivity index (χ1) is 11.2. The first-order valence-corrected chi connectivity index (χ1v) is 8.57. The molecule has 126 valence electrons. The average Bonchev–Trinajstić information content (AvgIpc) is 3.15. The van der Waals surface area contributed by atoms with Crippen LogP contribution >= 0.6 is 0 Å². The second-order valence-electron chi connectivity index (χ2n) is 6.37. The number of aromatic nitrogens is 3. The van der Waals surface area contributed by atoms with E-state index in [4.69, 9.17) is 4.42 Å². The van der Waals surface area contributed by atoms with Crippen LogP contribution in [0.4, 0.5) is 0 Å². The summed E-state index contributed by atoms with van der Waals surface area (Å²) in [5.41, 5.74) is 0. The van der Waals surface area contributed by atoms with Gasteiger partial charge in [0.1, 0.15) is 17.4 Å². The number of aryl methyl sites for hydroxylation is 3. The fraction of sp³-hybridized carbons (Fsp3) is 0.647. The third-order valence-corrected chi connectivity index (χ3v) is 4.49. The van der Waals surface area contributed by atoms with Crippen LogP contribution in [-0.4, -0.2) is 45.3 Å². The lowest BCUT2D eigenvalue weighted by Gasteiger charge is -2.31. The maximum Gasteiger partial charge on any atom is 0.147 e. The number of furan rings is 1. The predicted molar refractivity (Wildman–Crippen MR) is 89.1 cm³/mol. The van der Waals surface area contributed by atoms with Crippen LogP contribution in [0.15, 0.2) is 22.8 Å². The maximum absolute atomic E-state index is 5.43. The van der Waals surface area contributed by atoms with Gasteiger partial charge in [0.15, 0.2) is 0 Å². The Balaban J connectivity index is 1.31. The van der Waals surface area contributed by atoms with Gasteiger partial charge < -0.3 is 9.73 Å². The molecule has 0 aliphatic carbocycles. The first kappa shape index (κ1) is 16.2. The number of rotatable bonds is 7. The van der Waals surface area contributed by atoms with Gasteiger partial charge in [0.2, 0.25) is 0 Å². The van der Waals surface area contributed by atoms with E-state index >= 15 is 0 Å². The topological polar surface area (TPSA) is 59.1 Å². The monoisotopic (exact) mass is 317 g/mol. The van der Waals surface area contributed by atoms with E-state index in [2.05, 4.69) is 26.4 Å². The summed E-state index contributed by atoms with van der Waals surface area (Å²) < 4.78 is 7.43. The van der Waals surface area contributed by atoms with E-state index in [0.717, 1.165) is 56.6 Å². The largest absolute Gasteiger partial charge is 0.468 e. The molecule has 1 aliphatic heterocycles. The van der Waals surface area contributed by atoms with Crippen molar-refractivity contribution in [1.29, 1.82) is 0 Å². The number of nitrogens with one attached hydrogen (secondary N) is 1. The summed E-state index contributed by atoms with van der Waals surface area (Å²) in [6.45, 7) is 9.16. The Kier molecular flexibility index (Phi) is 5.46. The molecule has 1 aliphatic rings. The van der Waals surface area contributed by atoms with Gasteiger partial charge in [-0.15, -0.1) is 0 Å². The molecule has 0 bridgehead atoms. The summed E-state index contributed by atoms with van der Waals surface area (Å²) in [6, 6.07) is 4.65. The van der Waals surface area contributed by atoms with Crippen molar-refractivity contribution >= 4 is 0 Å². The second kappa shape index (κ2) is 7.75. The minimum Gasteiger partial charge on any atom is -0.468 e. The van der Waals surface area contributed by atoms with Gasteiger partial charge in [0.05, 0.1) is 12.8 Å². The van der Waals surface area contributed by atoms with Gasteiger partial charge in [-0.25, -0.2) is 4.98 Å². The number of piperidine rings is 1. The molecule has 1 saturated heterocycles. The van der Waals surface area contributed by atoms with Crippen LogP contribution in [0, 0.1) is 13.8 Å². The Hall–Kier alpha value is -1.66. The third kappa shape index (κ3) is 4.65. The highest BCUT2D eigenvalue weighted by Crippen LogP contribution is 2.14. The van der Waals surface area contributed by atoms with E-state index in [1.807, 2.05) is 24.6 Å². The van der Waals surface area contributed by atoms with Crippen molar-refractivity contribution in [2.75, 3.05) is 19.6 Å². The molecular formula is C17H27N5O. The molecule has 6 heteroatoms. The smallest absolute Gasteiger partial charge is 0.147 e. The molecule has 0 radical (unpaired) electrons. The lowest BCUT2D eigenvalue weighted by atomic mass is 10.0. The minimum absolute atomic E-state index is 0.640. The summed E-state index contributed by atoms with van der Waals surface area (Å²) in [5, 5.41) is 8.09.